The number of halogens is 3. The Morgan fingerprint density at radius 2 is 2.11 bits per heavy atom. The average Bonchev–Trinajstić information content (AvgIpc) is 2.68. The molecular weight excluding hydrogens is 243 g/mol. The molecule has 2 aromatic rings. The van der Waals surface area contributed by atoms with Crippen LogP contribution in [0.1, 0.15) is 30.3 Å². The molecule has 3 nitrogen and oxygen atoms in total. The van der Waals surface area contributed by atoms with Crippen molar-refractivity contribution in [2.24, 2.45) is 5.73 Å². The molecular formula is C12H12F3N3. The minimum Gasteiger partial charge on any atom is -0.326 e. The number of aromatic nitrogens is 2. The highest BCUT2D eigenvalue weighted by molar-refractivity contribution is 5.80. The van der Waals surface area contributed by atoms with Crippen molar-refractivity contribution in [3.05, 3.63) is 29.6 Å². The fourth-order valence-electron chi connectivity index (χ4n) is 2.54. The molecule has 2 heterocycles. The molecule has 0 amide bonds. The maximum absolute atomic E-state index is 13.0. The van der Waals surface area contributed by atoms with Gasteiger partial charge in [0, 0.05) is 6.54 Å². The lowest BCUT2D eigenvalue weighted by Crippen LogP contribution is -2.22. The van der Waals surface area contributed by atoms with E-state index in [0.29, 0.717) is 17.9 Å². The summed E-state index contributed by atoms with van der Waals surface area (Å²) < 4.78 is 40.6. The number of benzene rings is 1. The van der Waals surface area contributed by atoms with Crippen molar-refractivity contribution in [3.8, 4) is 0 Å². The van der Waals surface area contributed by atoms with E-state index < -0.39 is 11.7 Å². The highest BCUT2D eigenvalue weighted by Crippen LogP contribution is 2.37. The van der Waals surface area contributed by atoms with E-state index in [4.69, 9.17) is 5.73 Å². The predicted octanol–water partition coefficient (Wildman–Crippen LogP) is 2.85. The van der Waals surface area contributed by atoms with Crippen LogP contribution >= 0.6 is 0 Å². The van der Waals surface area contributed by atoms with Crippen LogP contribution < -0.4 is 5.73 Å². The summed E-state index contributed by atoms with van der Waals surface area (Å²) in [7, 11) is 0. The average molecular weight is 255 g/mol. The summed E-state index contributed by atoms with van der Waals surface area (Å²) in [6.07, 6.45) is -2.81. The molecule has 1 atom stereocenters. The van der Waals surface area contributed by atoms with Gasteiger partial charge in [0.15, 0.2) is 0 Å². The summed E-state index contributed by atoms with van der Waals surface area (Å²) in [5.74, 6) is 0.563. The van der Waals surface area contributed by atoms with Crippen molar-refractivity contribution in [2.75, 3.05) is 0 Å². The Balaban J connectivity index is 2.34. The minimum absolute atomic E-state index is 0.162. The van der Waals surface area contributed by atoms with Crippen LogP contribution in [0.25, 0.3) is 11.0 Å². The Bertz CT molecular complexity index is 600. The number of alkyl halides is 3. The van der Waals surface area contributed by atoms with Gasteiger partial charge in [-0.1, -0.05) is 6.07 Å². The molecule has 0 radical (unpaired) electrons. The first-order valence-electron chi connectivity index (χ1n) is 5.80. The number of hydrogen-bond donors (Lipinski definition) is 1. The van der Waals surface area contributed by atoms with Crippen LogP contribution in [0.2, 0.25) is 0 Å². The highest BCUT2D eigenvalue weighted by atomic mass is 19.4. The van der Waals surface area contributed by atoms with E-state index in [2.05, 4.69) is 4.98 Å². The number of imidazole rings is 1. The van der Waals surface area contributed by atoms with Crippen LogP contribution in [-0.2, 0) is 12.7 Å². The highest BCUT2D eigenvalue weighted by Gasteiger charge is 2.35. The van der Waals surface area contributed by atoms with E-state index in [1.807, 2.05) is 0 Å². The van der Waals surface area contributed by atoms with Crippen molar-refractivity contribution >= 4 is 11.0 Å². The Morgan fingerprint density at radius 1 is 1.33 bits per heavy atom. The predicted molar refractivity (Wildman–Crippen MR) is 60.9 cm³/mol. The second-order valence-corrected chi connectivity index (χ2v) is 4.54. The van der Waals surface area contributed by atoms with Gasteiger partial charge < -0.3 is 10.3 Å². The number of para-hydroxylation sites is 1. The molecule has 96 valence electrons. The minimum atomic E-state index is -4.36. The number of nitrogens with zero attached hydrogens (tertiary/aromatic N) is 2. The van der Waals surface area contributed by atoms with Gasteiger partial charge in [0.05, 0.1) is 22.6 Å². The van der Waals surface area contributed by atoms with Crippen LogP contribution in [0.4, 0.5) is 13.2 Å². The maximum Gasteiger partial charge on any atom is 0.418 e. The monoisotopic (exact) mass is 255 g/mol. The Kier molecular flexibility index (Phi) is 2.38. The Hall–Kier alpha value is -1.56. The van der Waals surface area contributed by atoms with Crippen molar-refractivity contribution in [3.63, 3.8) is 0 Å². The van der Waals surface area contributed by atoms with E-state index in [1.165, 1.54) is 6.07 Å². The summed E-state index contributed by atoms with van der Waals surface area (Å²) in [6.45, 7) is 0.548. The zero-order chi connectivity index (χ0) is 12.9. The number of rotatable bonds is 0. The molecule has 3 rings (SSSR count). The Labute approximate surface area is 101 Å². The van der Waals surface area contributed by atoms with Gasteiger partial charge in [-0.15, -0.1) is 0 Å². The number of nitrogens with two attached hydrogens (primary N) is 1. The standard InChI is InChI=1S/C12H12F3N3/c13-12(14,15)7-3-1-5-9-10(7)18-6-2-4-8(16)11(18)17-9/h1,3,5,8H,2,4,6,16H2. The summed E-state index contributed by atoms with van der Waals surface area (Å²) in [5.41, 5.74) is 5.81. The largest absolute Gasteiger partial charge is 0.418 e. The van der Waals surface area contributed by atoms with Gasteiger partial charge in [0.25, 0.3) is 0 Å². The molecule has 1 aromatic heterocycles. The second kappa shape index (κ2) is 3.71. The van der Waals surface area contributed by atoms with Crippen LogP contribution in [0.15, 0.2) is 18.2 Å². The van der Waals surface area contributed by atoms with Gasteiger partial charge in [0.2, 0.25) is 0 Å². The van der Waals surface area contributed by atoms with E-state index >= 15 is 0 Å². The zero-order valence-corrected chi connectivity index (χ0v) is 9.54. The first-order chi connectivity index (χ1) is 8.48. The lowest BCUT2D eigenvalue weighted by Gasteiger charge is -2.21. The van der Waals surface area contributed by atoms with E-state index in [-0.39, 0.29) is 11.6 Å². The number of hydrogen-bond acceptors (Lipinski definition) is 2. The summed E-state index contributed by atoms with van der Waals surface area (Å²) in [4.78, 5) is 4.25. The topological polar surface area (TPSA) is 43.8 Å². The molecule has 1 aliphatic rings. The van der Waals surface area contributed by atoms with Gasteiger partial charge >= 0.3 is 6.18 Å². The fraction of sp³-hybridized carbons (Fsp3) is 0.417. The van der Waals surface area contributed by atoms with Crippen molar-refractivity contribution in [2.45, 2.75) is 31.6 Å². The molecule has 18 heavy (non-hydrogen) atoms. The van der Waals surface area contributed by atoms with Crippen LogP contribution in [0, 0.1) is 0 Å². The number of fused-ring (bicyclic) bond motifs is 3. The quantitative estimate of drug-likeness (QED) is 0.786. The van der Waals surface area contributed by atoms with Gasteiger partial charge in [-0.25, -0.2) is 4.98 Å². The van der Waals surface area contributed by atoms with Gasteiger partial charge in [0.1, 0.15) is 5.82 Å². The first kappa shape index (κ1) is 11.5. The molecule has 0 saturated heterocycles. The Morgan fingerprint density at radius 3 is 2.83 bits per heavy atom. The zero-order valence-electron chi connectivity index (χ0n) is 9.54. The normalized spacial score (nSPS) is 20.1. The fourth-order valence-corrected chi connectivity index (χ4v) is 2.54. The van der Waals surface area contributed by atoms with Crippen LogP contribution in [0.5, 0.6) is 0 Å². The molecule has 1 aliphatic heterocycles. The second-order valence-electron chi connectivity index (χ2n) is 4.54. The molecule has 0 bridgehead atoms. The molecule has 0 spiro atoms. The van der Waals surface area contributed by atoms with Gasteiger partial charge in [-0.3, -0.25) is 0 Å². The van der Waals surface area contributed by atoms with Gasteiger partial charge in [-0.05, 0) is 25.0 Å². The van der Waals surface area contributed by atoms with Crippen LogP contribution in [0.3, 0.4) is 0 Å². The molecule has 1 unspecified atom stereocenters. The summed E-state index contributed by atoms with van der Waals surface area (Å²) in [6, 6.07) is 3.81. The van der Waals surface area contributed by atoms with Crippen molar-refractivity contribution in [1.29, 1.82) is 0 Å². The van der Waals surface area contributed by atoms with Crippen molar-refractivity contribution in [1.82, 2.24) is 9.55 Å². The molecule has 2 N–H and O–H groups in total. The van der Waals surface area contributed by atoms with E-state index in [0.717, 1.165) is 18.9 Å². The number of aryl methyl sites for hydroxylation is 1. The smallest absolute Gasteiger partial charge is 0.326 e. The third-order valence-corrected chi connectivity index (χ3v) is 3.33. The van der Waals surface area contributed by atoms with E-state index in [1.54, 1.807) is 10.6 Å². The van der Waals surface area contributed by atoms with Gasteiger partial charge in [-0.2, -0.15) is 13.2 Å². The molecule has 0 fully saturated rings. The molecule has 0 aliphatic carbocycles. The lowest BCUT2D eigenvalue weighted by atomic mass is 10.1. The molecule has 6 heteroatoms. The molecule has 0 saturated carbocycles. The third-order valence-electron chi connectivity index (χ3n) is 3.33. The third kappa shape index (κ3) is 1.59. The van der Waals surface area contributed by atoms with Crippen molar-refractivity contribution < 1.29 is 13.2 Å². The van der Waals surface area contributed by atoms with Crippen LogP contribution in [-0.4, -0.2) is 9.55 Å². The lowest BCUT2D eigenvalue weighted by molar-refractivity contribution is -0.136. The summed E-state index contributed by atoms with van der Waals surface area (Å²) in [5, 5.41) is 0. The van der Waals surface area contributed by atoms with E-state index in [9.17, 15) is 13.2 Å². The first-order valence-corrected chi connectivity index (χ1v) is 5.80. The SMILES string of the molecule is NC1CCCn2c1nc1cccc(C(F)(F)F)c12. The summed E-state index contributed by atoms with van der Waals surface area (Å²) >= 11 is 0. The molecule has 1 aromatic carbocycles. The maximum atomic E-state index is 13.0.